The molecular formula is C27H24O5. The molecule has 3 aromatic carbocycles. The average molecular weight is 428 g/mol. The fourth-order valence-corrected chi connectivity index (χ4v) is 2.86. The first-order valence-electron chi connectivity index (χ1n) is 10.1. The third-order valence-electron chi connectivity index (χ3n) is 4.55. The van der Waals surface area contributed by atoms with Crippen molar-refractivity contribution < 1.29 is 23.8 Å². The minimum absolute atomic E-state index is 0.116. The summed E-state index contributed by atoms with van der Waals surface area (Å²) >= 11 is 0. The zero-order valence-corrected chi connectivity index (χ0v) is 17.7. The quantitative estimate of drug-likeness (QED) is 0.344. The van der Waals surface area contributed by atoms with Gasteiger partial charge in [-0.05, 0) is 41.0 Å². The summed E-state index contributed by atoms with van der Waals surface area (Å²) in [5.74, 6) is -0.389. The molecule has 0 saturated carbocycles. The van der Waals surface area contributed by atoms with Gasteiger partial charge in [0.15, 0.2) is 6.10 Å². The highest BCUT2D eigenvalue weighted by atomic mass is 16.6. The standard InChI is InChI=1S/C27H24O5/c1-30-24-16-14-23(15-17-24)25(32-27(29)19-13-22-10-6-3-7-11-22)20-31-26(28)18-12-21-8-4-2-5-9-21/h2-19,25H,20H2,1H3/b18-12+,19-13?/t25-/m1/s1. The highest BCUT2D eigenvalue weighted by Gasteiger charge is 2.18. The molecule has 0 spiro atoms. The molecule has 0 amide bonds. The normalized spacial score (nSPS) is 11.9. The Morgan fingerprint density at radius 3 is 1.81 bits per heavy atom. The van der Waals surface area contributed by atoms with Crippen molar-refractivity contribution in [1.29, 1.82) is 0 Å². The van der Waals surface area contributed by atoms with Crippen LogP contribution in [0, 0.1) is 0 Å². The maximum Gasteiger partial charge on any atom is 0.331 e. The number of carbonyl (C=O) groups excluding carboxylic acids is 2. The molecule has 5 heteroatoms. The summed E-state index contributed by atoms with van der Waals surface area (Å²) < 4.78 is 16.1. The van der Waals surface area contributed by atoms with Gasteiger partial charge in [0.25, 0.3) is 0 Å². The van der Waals surface area contributed by atoms with E-state index >= 15 is 0 Å². The van der Waals surface area contributed by atoms with Crippen molar-refractivity contribution >= 4 is 24.1 Å². The largest absolute Gasteiger partial charge is 0.497 e. The van der Waals surface area contributed by atoms with E-state index in [0.29, 0.717) is 11.3 Å². The predicted octanol–water partition coefficient (Wildman–Crippen LogP) is 5.25. The van der Waals surface area contributed by atoms with E-state index in [0.717, 1.165) is 11.1 Å². The van der Waals surface area contributed by atoms with Gasteiger partial charge in [-0.3, -0.25) is 0 Å². The van der Waals surface area contributed by atoms with Gasteiger partial charge in [0.1, 0.15) is 12.4 Å². The second-order valence-electron chi connectivity index (χ2n) is 6.82. The number of rotatable bonds is 9. The molecule has 3 aromatic rings. The Hall–Kier alpha value is -4.12. The van der Waals surface area contributed by atoms with Gasteiger partial charge in [-0.2, -0.15) is 0 Å². The van der Waals surface area contributed by atoms with Crippen molar-refractivity contribution in [2.75, 3.05) is 13.7 Å². The van der Waals surface area contributed by atoms with Gasteiger partial charge in [0.05, 0.1) is 7.11 Å². The van der Waals surface area contributed by atoms with Crippen LogP contribution < -0.4 is 4.74 Å². The lowest BCUT2D eigenvalue weighted by Gasteiger charge is -2.17. The van der Waals surface area contributed by atoms with E-state index in [2.05, 4.69) is 0 Å². The minimum atomic E-state index is -0.761. The maximum atomic E-state index is 12.4. The van der Waals surface area contributed by atoms with Crippen molar-refractivity contribution in [3.05, 3.63) is 114 Å². The van der Waals surface area contributed by atoms with Gasteiger partial charge >= 0.3 is 11.9 Å². The van der Waals surface area contributed by atoms with E-state index in [1.54, 1.807) is 43.5 Å². The Bertz CT molecular complexity index is 1050. The third kappa shape index (κ3) is 7.29. The van der Waals surface area contributed by atoms with Crippen LogP contribution in [0.3, 0.4) is 0 Å². The molecule has 5 nitrogen and oxygen atoms in total. The van der Waals surface area contributed by atoms with Crippen molar-refractivity contribution in [1.82, 2.24) is 0 Å². The zero-order valence-electron chi connectivity index (χ0n) is 17.7. The van der Waals surface area contributed by atoms with Crippen LogP contribution in [0.25, 0.3) is 12.2 Å². The smallest absolute Gasteiger partial charge is 0.331 e. The predicted molar refractivity (Wildman–Crippen MR) is 124 cm³/mol. The van der Waals surface area contributed by atoms with E-state index < -0.39 is 18.0 Å². The topological polar surface area (TPSA) is 61.8 Å². The van der Waals surface area contributed by atoms with Crippen LogP contribution in [0.5, 0.6) is 5.75 Å². The molecule has 0 aromatic heterocycles. The lowest BCUT2D eigenvalue weighted by atomic mass is 10.1. The molecule has 0 bridgehead atoms. The van der Waals surface area contributed by atoms with Crippen LogP contribution in [-0.2, 0) is 19.1 Å². The van der Waals surface area contributed by atoms with Crippen LogP contribution in [0.15, 0.2) is 97.1 Å². The monoisotopic (exact) mass is 428 g/mol. The van der Waals surface area contributed by atoms with Crippen molar-refractivity contribution in [3.8, 4) is 5.75 Å². The summed E-state index contributed by atoms with van der Waals surface area (Å²) in [6, 6.07) is 25.9. The summed E-state index contributed by atoms with van der Waals surface area (Å²) in [7, 11) is 1.57. The highest BCUT2D eigenvalue weighted by molar-refractivity contribution is 5.88. The molecule has 162 valence electrons. The summed E-state index contributed by atoms with van der Waals surface area (Å²) in [4.78, 5) is 24.6. The number of ether oxygens (including phenoxy) is 3. The second kappa shape index (κ2) is 11.9. The summed E-state index contributed by atoms with van der Waals surface area (Å²) in [6.07, 6.45) is 5.27. The second-order valence-corrected chi connectivity index (χ2v) is 6.82. The van der Waals surface area contributed by atoms with E-state index in [4.69, 9.17) is 14.2 Å². The number of hydrogen-bond donors (Lipinski definition) is 0. The van der Waals surface area contributed by atoms with E-state index in [1.165, 1.54) is 12.2 Å². The zero-order chi connectivity index (χ0) is 22.6. The Balaban J connectivity index is 1.66. The van der Waals surface area contributed by atoms with Crippen LogP contribution >= 0.6 is 0 Å². The molecule has 0 unspecified atom stereocenters. The molecule has 0 saturated heterocycles. The number of carbonyl (C=O) groups is 2. The van der Waals surface area contributed by atoms with Crippen LogP contribution in [-0.4, -0.2) is 25.7 Å². The Kier molecular flexibility index (Phi) is 8.40. The fraction of sp³-hybridized carbons (Fsp3) is 0.111. The van der Waals surface area contributed by atoms with Gasteiger partial charge < -0.3 is 14.2 Å². The highest BCUT2D eigenvalue weighted by Crippen LogP contribution is 2.22. The maximum absolute atomic E-state index is 12.4. The van der Waals surface area contributed by atoms with Crippen LogP contribution in [0.1, 0.15) is 22.8 Å². The van der Waals surface area contributed by atoms with Gasteiger partial charge in [0, 0.05) is 12.2 Å². The van der Waals surface area contributed by atoms with Gasteiger partial charge in [0.2, 0.25) is 0 Å². The number of hydrogen-bond acceptors (Lipinski definition) is 5. The van der Waals surface area contributed by atoms with Crippen molar-refractivity contribution in [2.45, 2.75) is 6.10 Å². The number of esters is 2. The van der Waals surface area contributed by atoms with E-state index in [-0.39, 0.29) is 6.61 Å². The SMILES string of the molecule is COc1ccc([C@@H](COC(=O)/C=C/c2ccccc2)OC(=O)C=Cc2ccccc2)cc1. The van der Waals surface area contributed by atoms with Crippen LogP contribution in [0.2, 0.25) is 0 Å². The van der Waals surface area contributed by atoms with Crippen molar-refractivity contribution in [2.24, 2.45) is 0 Å². The Morgan fingerprint density at radius 1 is 0.750 bits per heavy atom. The van der Waals surface area contributed by atoms with Gasteiger partial charge in [-0.1, -0.05) is 72.8 Å². The fourth-order valence-electron chi connectivity index (χ4n) is 2.86. The summed E-state index contributed by atoms with van der Waals surface area (Å²) in [6.45, 7) is -0.116. The molecule has 0 aliphatic carbocycles. The molecule has 0 radical (unpaired) electrons. The lowest BCUT2D eigenvalue weighted by Crippen LogP contribution is -2.17. The molecule has 0 heterocycles. The molecule has 3 rings (SSSR count). The van der Waals surface area contributed by atoms with E-state index in [9.17, 15) is 9.59 Å². The summed E-state index contributed by atoms with van der Waals surface area (Å²) in [5, 5.41) is 0. The van der Waals surface area contributed by atoms with Crippen LogP contribution in [0.4, 0.5) is 0 Å². The van der Waals surface area contributed by atoms with E-state index in [1.807, 2.05) is 60.7 Å². The molecule has 0 fully saturated rings. The first-order chi connectivity index (χ1) is 15.6. The third-order valence-corrected chi connectivity index (χ3v) is 4.55. The first-order valence-corrected chi connectivity index (χ1v) is 10.1. The molecule has 1 atom stereocenters. The molecular weight excluding hydrogens is 404 g/mol. The molecule has 0 aliphatic rings. The van der Waals surface area contributed by atoms with Crippen molar-refractivity contribution in [3.63, 3.8) is 0 Å². The number of methoxy groups -OCH3 is 1. The van der Waals surface area contributed by atoms with Gasteiger partial charge in [-0.15, -0.1) is 0 Å². The number of benzene rings is 3. The molecule has 0 aliphatic heterocycles. The Labute approximate surface area is 187 Å². The average Bonchev–Trinajstić information content (AvgIpc) is 2.85. The summed E-state index contributed by atoms with van der Waals surface area (Å²) in [5.41, 5.74) is 2.45. The molecule has 32 heavy (non-hydrogen) atoms. The Morgan fingerprint density at radius 2 is 1.28 bits per heavy atom. The lowest BCUT2D eigenvalue weighted by molar-refractivity contribution is -0.153. The molecule has 0 N–H and O–H groups in total. The minimum Gasteiger partial charge on any atom is -0.497 e. The van der Waals surface area contributed by atoms with Gasteiger partial charge in [-0.25, -0.2) is 9.59 Å². The first kappa shape index (κ1) is 22.6.